The third-order valence-electron chi connectivity index (χ3n) is 2.36. The molecule has 2 N–H and O–H groups in total. The van der Waals surface area contributed by atoms with Crippen LogP contribution in [0, 0.1) is 0 Å². The van der Waals surface area contributed by atoms with Gasteiger partial charge in [-0.1, -0.05) is 53.4 Å². The van der Waals surface area contributed by atoms with Gasteiger partial charge in [-0.25, -0.2) is 4.79 Å². The first kappa shape index (κ1) is 14.5. The Hall–Kier alpha value is -1.93. The Kier molecular flexibility index (Phi) is 5.08. The zero-order chi connectivity index (χ0) is 14.4. The van der Waals surface area contributed by atoms with Crippen LogP contribution in [0.5, 0.6) is 0 Å². The molecule has 2 aromatic rings. The summed E-state index contributed by atoms with van der Waals surface area (Å²) >= 11 is 2.61. The third kappa shape index (κ3) is 3.78. The molecule has 8 heteroatoms. The second-order valence-electron chi connectivity index (χ2n) is 3.68. The molecule has 0 saturated heterocycles. The molecule has 0 fully saturated rings. The molecule has 0 aliphatic heterocycles. The predicted molar refractivity (Wildman–Crippen MR) is 77.5 cm³/mol. The molecule has 2 rings (SSSR count). The topological polar surface area (TPSA) is 84.0 Å². The van der Waals surface area contributed by atoms with E-state index in [-0.39, 0.29) is 0 Å². The largest absolute Gasteiger partial charge is 0.341 e. The van der Waals surface area contributed by atoms with Crippen LogP contribution in [0.4, 0.5) is 4.79 Å². The summed E-state index contributed by atoms with van der Waals surface area (Å²) in [5, 5.41) is 11.7. The lowest BCUT2D eigenvalue weighted by molar-refractivity contribution is -0.119. The minimum absolute atomic E-state index is 0.393. The molecule has 0 bridgehead atoms. The van der Waals surface area contributed by atoms with Gasteiger partial charge in [-0.15, -0.1) is 10.2 Å². The number of nitrogens with one attached hydrogen (secondary N) is 2. The normalized spacial score (nSPS) is 11.7. The fourth-order valence-electron chi connectivity index (χ4n) is 1.46. The number of hydrogen-bond acceptors (Lipinski definition) is 6. The Morgan fingerprint density at radius 3 is 2.65 bits per heavy atom. The summed E-state index contributed by atoms with van der Waals surface area (Å²) in [5.41, 5.74) is 2.40. The van der Waals surface area contributed by atoms with Gasteiger partial charge in [-0.05, 0) is 5.56 Å². The van der Waals surface area contributed by atoms with E-state index in [1.54, 1.807) is 5.51 Å². The van der Waals surface area contributed by atoms with Crippen LogP contribution in [0.15, 0.2) is 40.2 Å². The predicted octanol–water partition coefficient (Wildman–Crippen LogP) is 1.83. The maximum Gasteiger partial charge on any atom is 0.321 e. The second-order valence-corrected chi connectivity index (χ2v) is 5.87. The minimum Gasteiger partial charge on any atom is -0.341 e. The highest BCUT2D eigenvalue weighted by Crippen LogP contribution is 2.35. The van der Waals surface area contributed by atoms with Crippen molar-refractivity contribution in [3.05, 3.63) is 41.4 Å². The molecule has 0 unspecified atom stereocenters. The number of carbonyl (C=O) groups is 2. The van der Waals surface area contributed by atoms with Crippen LogP contribution < -0.4 is 10.6 Å². The van der Waals surface area contributed by atoms with Gasteiger partial charge in [0.05, 0.1) is 0 Å². The van der Waals surface area contributed by atoms with Crippen molar-refractivity contribution in [2.24, 2.45) is 0 Å². The molecule has 1 heterocycles. The van der Waals surface area contributed by atoms with E-state index in [1.807, 2.05) is 30.3 Å². The highest BCUT2D eigenvalue weighted by atomic mass is 32.2. The Bertz CT molecular complexity index is 574. The summed E-state index contributed by atoms with van der Waals surface area (Å²) in [6.07, 6.45) is 0. The van der Waals surface area contributed by atoms with Gasteiger partial charge in [0.15, 0.2) is 4.34 Å². The zero-order valence-corrected chi connectivity index (χ0v) is 12.2. The number of amides is 3. The Morgan fingerprint density at radius 2 is 2.05 bits per heavy atom. The molecule has 20 heavy (non-hydrogen) atoms. The quantitative estimate of drug-likeness (QED) is 0.842. The van der Waals surface area contributed by atoms with Crippen molar-refractivity contribution in [1.29, 1.82) is 0 Å². The highest BCUT2D eigenvalue weighted by molar-refractivity contribution is 8.01. The van der Waals surface area contributed by atoms with E-state index in [0.29, 0.717) is 4.34 Å². The van der Waals surface area contributed by atoms with Crippen LogP contribution in [0.2, 0.25) is 0 Å². The van der Waals surface area contributed by atoms with Crippen LogP contribution in [-0.2, 0) is 4.79 Å². The van der Waals surface area contributed by atoms with Crippen LogP contribution in [0.25, 0.3) is 0 Å². The van der Waals surface area contributed by atoms with Crippen LogP contribution in [0.3, 0.4) is 0 Å². The summed E-state index contributed by atoms with van der Waals surface area (Å²) in [6.45, 7) is 0. The third-order valence-corrected chi connectivity index (χ3v) is 4.43. The number of rotatable bonds is 4. The molecule has 3 amide bonds. The fourth-order valence-corrected chi connectivity index (χ4v) is 3.13. The summed E-state index contributed by atoms with van der Waals surface area (Å²) in [7, 11) is 1.46. The van der Waals surface area contributed by atoms with Gasteiger partial charge in [0.1, 0.15) is 10.8 Å². The molecule has 0 aliphatic carbocycles. The lowest BCUT2D eigenvalue weighted by Crippen LogP contribution is -2.39. The van der Waals surface area contributed by atoms with E-state index in [4.69, 9.17) is 0 Å². The molecule has 0 spiro atoms. The van der Waals surface area contributed by atoms with Crippen molar-refractivity contribution < 1.29 is 9.59 Å². The zero-order valence-electron chi connectivity index (χ0n) is 10.6. The van der Waals surface area contributed by atoms with Crippen LogP contribution in [0.1, 0.15) is 10.8 Å². The van der Waals surface area contributed by atoms with Crippen molar-refractivity contribution in [2.45, 2.75) is 9.59 Å². The number of carbonyl (C=O) groups excluding carboxylic acids is 2. The van der Waals surface area contributed by atoms with Crippen molar-refractivity contribution in [3.63, 3.8) is 0 Å². The summed E-state index contributed by atoms with van der Waals surface area (Å²) in [6, 6.07) is 8.69. The number of hydrogen-bond donors (Lipinski definition) is 2. The van der Waals surface area contributed by atoms with E-state index < -0.39 is 17.2 Å². The van der Waals surface area contributed by atoms with Crippen molar-refractivity contribution in [3.8, 4) is 0 Å². The van der Waals surface area contributed by atoms with E-state index in [1.165, 1.54) is 30.1 Å². The number of imide groups is 1. The molecular weight excluding hydrogens is 296 g/mol. The van der Waals surface area contributed by atoms with Gasteiger partial charge >= 0.3 is 6.03 Å². The molecular formula is C12H12N4O2S2. The van der Waals surface area contributed by atoms with Crippen molar-refractivity contribution >= 4 is 35.0 Å². The SMILES string of the molecule is CNC(=O)NC(=O)[C@H](Sc1nncs1)c1ccccc1. The Labute approximate surface area is 124 Å². The monoisotopic (exact) mass is 308 g/mol. The van der Waals surface area contributed by atoms with Gasteiger partial charge < -0.3 is 5.32 Å². The van der Waals surface area contributed by atoms with Crippen LogP contribution in [-0.4, -0.2) is 29.2 Å². The average molecular weight is 308 g/mol. The van der Waals surface area contributed by atoms with E-state index in [0.717, 1.165) is 5.56 Å². The van der Waals surface area contributed by atoms with Gasteiger partial charge in [-0.3, -0.25) is 10.1 Å². The lowest BCUT2D eigenvalue weighted by Gasteiger charge is -2.14. The first-order chi connectivity index (χ1) is 9.70. The lowest BCUT2D eigenvalue weighted by atomic mass is 10.1. The molecule has 0 saturated carbocycles. The molecule has 1 atom stereocenters. The number of aromatic nitrogens is 2. The van der Waals surface area contributed by atoms with E-state index in [9.17, 15) is 9.59 Å². The van der Waals surface area contributed by atoms with E-state index >= 15 is 0 Å². The first-order valence-corrected chi connectivity index (χ1v) is 7.47. The summed E-state index contributed by atoms with van der Waals surface area (Å²) in [4.78, 5) is 23.5. The molecule has 104 valence electrons. The Balaban J connectivity index is 2.20. The van der Waals surface area contributed by atoms with Gasteiger partial charge in [0, 0.05) is 7.05 Å². The highest BCUT2D eigenvalue weighted by Gasteiger charge is 2.24. The average Bonchev–Trinajstić information content (AvgIpc) is 2.98. The molecule has 0 aliphatic rings. The fraction of sp³-hybridized carbons (Fsp3) is 0.167. The standard InChI is InChI=1S/C12H12N4O2S2/c1-13-11(18)15-10(17)9(8-5-3-2-4-6-8)20-12-16-14-7-19-12/h2-7,9H,1H3,(H2,13,15,17,18)/t9-/m1/s1. The van der Waals surface area contributed by atoms with Gasteiger partial charge in [0.2, 0.25) is 5.91 Å². The summed E-state index contributed by atoms with van der Waals surface area (Å²) < 4.78 is 0.672. The maximum atomic E-state index is 12.2. The van der Waals surface area contributed by atoms with Gasteiger partial charge in [-0.2, -0.15) is 0 Å². The summed E-state index contributed by atoms with van der Waals surface area (Å²) in [5.74, 6) is -0.393. The van der Waals surface area contributed by atoms with E-state index in [2.05, 4.69) is 20.8 Å². The number of benzene rings is 1. The van der Waals surface area contributed by atoms with Crippen LogP contribution >= 0.6 is 23.1 Å². The maximum absolute atomic E-state index is 12.2. The number of urea groups is 1. The molecule has 1 aromatic carbocycles. The first-order valence-electron chi connectivity index (χ1n) is 5.71. The minimum atomic E-state index is -0.554. The van der Waals surface area contributed by atoms with Gasteiger partial charge in [0.25, 0.3) is 0 Å². The van der Waals surface area contributed by atoms with Crippen molar-refractivity contribution in [2.75, 3.05) is 7.05 Å². The molecule has 1 aromatic heterocycles. The van der Waals surface area contributed by atoms with Crippen molar-refractivity contribution in [1.82, 2.24) is 20.8 Å². The second kappa shape index (κ2) is 7.01. The number of nitrogens with zero attached hydrogens (tertiary/aromatic N) is 2. The smallest absolute Gasteiger partial charge is 0.321 e. The number of thioether (sulfide) groups is 1. The molecule has 6 nitrogen and oxygen atoms in total. The Morgan fingerprint density at radius 1 is 1.30 bits per heavy atom. The molecule has 0 radical (unpaired) electrons.